The largest absolute Gasteiger partial charge is 0.0848 e. The minimum Gasteiger partial charge on any atom is -0.0848 e. The average Bonchev–Trinajstić information content (AvgIpc) is 1.98. The van der Waals surface area contributed by atoms with Crippen LogP contribution in [0.4, 0.5) is 0 Å². The zero-order chi connectivity index (χ0) is 7.82. The van der Waals surface area contributed by atoms with E-state index >= 15 is 0 Å². The zero-order valence-electron chi connectivity index (χ0n) is 7.30. The Kier molecular flexibility index (Phi) is 6.25. The van der Waals surface area contributed by atoms with Crippen LogP contribution < -0.4 is 0 Å². The van der Waals surface area contributed by atoms with Crippen molar-refractivity contribution in [2.24, 2.45) is 5.92 Å². The maximum Gasteiger partial charge on any atom is -0.0261 e. The van der Waals surface area contributed by atoms with Crippen LogP contribution in [0.5, 0.6) is 0 Å². The first-order chi connectivity index (χ1) is 4.81. The third kappa shape index (κ3) is 5.61. The van der Waals surface area contributed by atoms with Gasteiger partial charge in [-0.3, -0.25) is 0 Å². The molecule has 0 heterocycles. The highest BCUT2D eigenvalue weighted by atomic mass is 13.9. The lowest BCUT2D eigenvalue weighted by atomic mass is 10.1. The van der Waals surface area contributed by atoms with Crippen molar-refractivity contribution in [2.45, 2.75) is 33.6 Å². The van der Waals surface area contributed by atoms with Crippen LogP contribution in [0.3, 0.4) is 0 Å². The van der Waals surface area contributed by atoms with Gasteiger partial charge in [0.1, 0.15) is 0 Å². The summed E-state index contributed by atoms with van der Waals surface area (Å²) in [6.07, 6.45) is 11.0. The molecule has 58 valence electrons. The molecule has 10 heavy (non-hydrogen) atoms. The zero-order valence-corrected chi connectivity index (χ0v) is 7.30. The van der Waals surface area contributed by atoms with Crippen molar-refractivity contribution < 1.29 is 0 Å². The molecule has 0 rings (SSSR count). The Morgan fingerprint density at radius 3 is 2.40 bits per heavy atom. The molecule has 0 aliphatic heterocycles. The number of hydrogen-bond donors (Lipinski definition) is 0. The molecule has 0 heteroatoms. The van der Waals surface area contributed by atoms with Gasteiger partial charge in [-0.05, 0) is 12.3 Å². The van der Waals surface area contributed by atoms with Crippen molar-refractivity contribution in [3.05, 3.63) is 24.3 Å². The summed E-state index contributed by atoms with van der Waals surface area (Å²) in [5.74, 6) is 0.724. The van der Waals surface area contributed by atoms with Crippen LogP contribution in [0.25, 0.3) is 0 Å². The first-order valence-electron chi connectivity index (χ1n) is 4.14. The van der Waals surface area contributed by atoms with Crippen molar-refractivity contribution in [1.29, 1.82) is 0 Å². The maximum absolute atomic E-state index is 2.24. The Labute approximate surface area is 64.6 Å². The van der Waals surface area contributed by atoms with Gasteiger partial charge in [-0.2, -0.15) is 0 Å². The molecule has 0 saturated carbocycles. The van der Waals surface area contributed by atoms with Crippen molar-refractivity contribution in [3.8, 4) is 0 Å². The molecule has 0 aliphatic rings. The molecule has 0 spiro atoms. The molecule has 0 aromatic rings. The van der Waals surface area contributed by atoms with E-state index in [1.165, 1.54) is 6.42 Å². The second-order valence-corrected chi connectivity index (χ2v) is 2.61. The van der Waals surface area contributed by atoms with E-state index in [1.807, 2.05) is 0 Å². The van der Waals surface area contributed by atoms with E-state index in [0.29, 0.717) is 0 Å². The third-order valence-electron chi connectivity index (χ3n) is 1.57. The fraction of sp³-hybridized carbons (Fsp3) is 0.600. The first-order valence-corrected chi connectivity index (χ1v) is 4.14. The van der Waals surface area contributed by atoms with Gasteiger partial charge in [0.05, 0.1) is 0 Å². The molecule has 1 unspecified atom stereocenters. The van der Waals surface area contributed by atoms with Gasteiger partial charge >= 0.3 is 0 Å². The van der Waals surface area contributed by atoms with Crippen LogP contribution >= 0.6 is 0 Å². The van der Waals surface area contributed by atoms with Gasteiger partial charge in [-0.15, -0.1) is 0 Å². The van der Waals surface area contributed by atoms with Crippen LogP contribution in [0.15, 0.2) is 24.3 Å². The lowest BCUT2D eigenvalue weighted by Gasteiger charge is -1.96. The summed E-state index contributed by atoms with van der Waals surface area (Å²) in [5, 5.41) is 0. The molecule has 0 radical (unpaired) electrons. The van der Waals surface area contributed by atoms with Crippen LogP contribution in [0.1, 0.15) is 33.6 Å². The first kappa shape index (κ1) is 9.48. The van der Waals surface area contributed by atoms with Crippen molar-refractivity contribution >= 4 is 0 Å². The lowest BCUT2D eigenvalue weighted by Crippen LogP contribution is -1.82. The van der Waals surface area contributed by atoms with E-state index in [0.717, 1.165) is 12.3 Å². The molecule has 0 aromatic carbocycles. The van der Waals surface area contributed by atoms with E-state index in [1.54, 1.807) is 0 Å². The lowest BCUT2D eigenvalue weighted by molar-refractivity contribution is 0.698. The predicted molar refractivity (Wildman–Crippen MR) is 48.0 cm³/mol. The molecular weight excluding hydrogens is 120 g/mol. The SMILES string of the molecule is CC/C=C/C=C\C(C)CC. The second kappa shape index (κ2) is 6.60. The minimum atomic E-state index is 0.724. The summed E-state index contributed by atoms with van der Waals surface area (Å²) in [4.78, 5) is 0. The fourth-order valence-electron chi connectivity index (χ4n) is 0.605. The van der Waals surface area contributed by atoms with Gasteiger partial charge in [-0.25, -0.2) is 0 Å². The van der Waals surface area contributed by atoms with Crippen LogP contribution in [0, 0.1) is 5.92 Å². The highest BCUT2D eigenvalue weighted by molar-refractivity contribution is 5.03. The number of allylic oxidation sites excluding steroid dienone is 4. The third-order valence-corrected chi connectivity index (χ3v) is 1.57. The number of rotatable bonds is 4. The normalized spacial score (nSPS) is 15.1. The van der Waals surface area contributed by atoms with E-state index in [9.17, 15) is 0 Å². The summed E-state index contributed by atoms with van der Waals surface area (Å²) >= 11 is 0. The van der Waals surface area contributed by atoms with E-state index < -0.39 is 0 Å². The Bertz CT molecular complexity index is 109. The maximum atomic E-state index is 2.24. The summed E-state index contributed by atoms with van der Waals surface area (Å²) in [6.45, 7) is 6.59. The molecular formula is C10H18. The molecule has 0 aromatic heterocycles. The quantitative estimate of drug-likeness (QED) is 0.521. The van der Waals surface area contributed by atoms with Crippen molar-refractivity contribution in [1.82, 2.24) is 0 Å². The van der Waals surface area contributed by atoms with E-state index in [2.05, 4.69) is 45.1 Å². The monoisotopic (exact) mass is 138 g/mol. The van der Waals surface area contributed by atoms with Crippen LogP contribution in [-0.4, -0.2) is 0 Å². The molecule has 0 fully saturated rings. The Morgan fingerprint density at radius 2 is 1.90 bits per heavy atom. The van der Waals surface area contributed by atoms with Gasteiger partial charge in [0.2, 0.25) is 0 Å². The van der Waals surface area contributed by atoms with E-state index in [4.69, 9.17) is 0 Å². The van der Waals surface area contributed by atoms with Crippen LogP contribution in [-0.2, 0) is 0 Å². The van der Waals surface area contributed by atoms with Gasteiger partial charge in [0, 0.05) is 0 Å². The second-order valence-electron chi connectivity index (χ2n) is 2.61. The summed E-state index contributed by atoms with van der Waals surface area (Å²) in [5.41, 5.74) is 0. The fourth-order valence-corrected chi connectivity index (χ4v) is 0.605. The molecule has 0 saturated heterocycles. The van der Waals surface area contributed by atoms with Crippen molar-refractivity contribution in [2.75, 3.05) is 0 Å². The van der Waals surface area contributed by atoms with Gasteiger partial charge in [-0.1, -0.05) is 51.5 Å². The van der Waals surface area contributed by atoms with Gasteiger partial charge in [0.15, 0.2) is 0 Å². The molecule has 0 bridgehead atoms. The topological polar surface area (TPSA) is 0 Å². The van der Waals surface area contributed by atoms with Gasteiger partial charge in [0.25, 0.3) is 0 Å². The molecule has 0 N–H and O–H groups in total. The Morgan fingerprint density at radius 1 is 1.20 bits per heavy atom. The van der Waals surface area contributed by atoms with E-state index in [-0.39, 0.29) is 0 Å². The summed E-state index contributed by atoms with van der Waals surface area (Å²) in [6, 6.07) is 0. The highest BCUT2D eigenvalue weighted by Gasteiger charge is 1.86. The Balaban J connectivity index is 3.44. The number of hydrogen-bond acceptors (Lipinski definition) is 0. The van der Waals surface area contributed by atoms with Crippen LogP contribution in [0.2, 0.25) is 0 Å². The molecule has 0 aliphatic carbocycles. The molecule has 1 atom stereocenters. The highest BCUT2D eigenvalue weighted by Crippen LogP contribution is 2.01. The summed E-state index contributed by atoms with van der Waals surface area (Å²) < 4.78 is 0. The smallest absolute Gasteiger partial charge is 0.0261 e. The van der Waals surface area contributed by atoms with Gasteiger partial charge < -0.3 is 0 Å². The standard InChI is InChI=1S/C10H18/c1-4-6-7-8-9-10(3)5-2/h6-10H,4-5H2,1-3H3/b7-6+,9-8-. The predicted octanol–water partition coefficient (Wildman–Crippen LogP) is 3.55. The Hall–Kier alpha value is -0.520. The molecule has 0 nitrogen and oxygen atoms in total. The summed E-state index contributed by atoms with van der Waals surface area (Å²) in [7, 11) is 0. The van der Waals surface area contributed by atoms with Crippen molar-refractivity contribution in [3.63, 3.8) is 0 Å². The minimum absolute atomic E-state index is 0.724. The average molecular weight is 138 g/mol. The molecule has 0 amide bonds.